The number of amides is 1. The Morgan fingerprint density at radius 1 is 1.41 bits per heavy atom. The minimum absolute atomic E-state index is 0.000384. The fourth-order valence-corrected chi connectivity index (χ4v) is 2.70. The van der Waals surface area contributed by atoms with E-state index in [4.69, 9.17) is 0 Å². The number of hydrogen-bond acceptors (Lipinski definition) is 3. The van der Waals surface area contributed by atoms with Crippen LogP contribution in [0.2, 0.25) is 0 Å². The number of ether oxygens (including phenoxy) is 1. The molecule has 0 spiro atoms. The van der Waals surface area contributed by atoms with E-state index in [2.05, 4.69) is 21.9 Å². The summed E-state index contributed by atoms with van der Waals surface area (Å²) in [6.45, 7) is 2.32. The number of benzene rings is 1. The Kier molecular flexibility index (Phi) is 6.12. The zero-order chi connectivity index (χ0) is 15.9. The van der Waals surface area contributed by atoms with Crippen molar-refractivity contribution in [3.63, 3.8) is 0 Å². The molecule has 1 fully saturated rings. The minimum Gasteiger partial charge on any atom is -0.435 e. The predicted molar refractivity (Wildman–Crippen MR) is 80.3 cm³/mol. The van der Waals surface area contributed by atoms with Crippen LogP contribution in [0.1, 0.15) is 36.5 Å². The highest BCUT2D eigenvalue weighted by Gasteiger charge is 2.20. The topological polar surface area (TPSA) is 41.6 Å². The summed E-state index contributed by atoms with van der Waals surface area (Å²) in [6.07, 6.45) is 2.96. The first-order valence-corrected chi connectivity index (χ1v) is 7.66. The lowest BCUT2D eigenvalue weighted by Crippen LogP contribution is -2.44. The Balaban J connectivity index is 1.87. The fraction of sp³-hybridized carbons (Fsp3) is 0.562. The van der Waals surface area contributed by atoms with Gasteiger partial charge in [-0.05, 0) is 44.0 Å². The minimum atomic E-state index is -2.89. The first kappa shape index (κ1) is 16.7. The number of rotatable bonds is 6. The van der Waals surface area contributed by atoms with Crippen LogP contribution in [0.15, 0.2) is 24.3 Å². The van der Waals surface area contributed by atoms with Gasteiger partial charge in [0.15, 0.2) is 0 Å². The summed E-state index contributed by atoms with van der Waals surface area (Å²) >= 11 is 0. The van der Waals surface area contributed by atoms with E-state index < -0.39 is 6.61 Å². The highest BCUT2D eigenvalue weighted by atomic mass is 19.3. The number of nitrogens with one attached hydrogen (secondary N) is 1. The van der Waals surface area contributed by atoms with E-state index in [1.165, 1.54) is 18.2 Å². The third-order valence-corrected chi connectivity index (χ3v) is 3.78. The summed E-state index contributed by atoms with van der Waals surface area (Å²) in [5.74, 6) is -0.242. The van der Waals surface area contributed by atoms with Crippen LogP contribution in [0.4, 0.5) is 8.78 Å². The summed E-state index contributed by atoms with van der Waals surface area (Å²) < 4.78 is 28.7. The quantitative estimate of drug-likeness (QED) is 0.878. The van der Waals surface area contributed by atoms with E-state index in [1.54, 1.807) is 6.07 Å². The summed E-state index contributed by atoms with van der Waals surface area (Å²) in [7, 11) is 0. The van der Waals surface area contributed by atoms with Crippen LogP contribution in [-0.4, -0.2) is 43.1 Å². The van der Waals surface area contributed by atoms with Crippen molar-refractivity contribution >= 4 is 5.91 Å². The molecule has 1 aliphatic heterocycles. The molecule has 4 nitrogen and oxygen atoms in total. The van der Waals surface area contributed by atoms with Gasteiger partial charge in [-0.15, -0.1) is 0 Å². The largest absolute Gasteiger partial charge is 0.435 e. The second-order valence-corrected chi connectivity index (χ2v) is 5.50. The Morgan fingerprint density at radius 3 is 2.77 bits per heavy atom. The average molecular weight is 312 g/mol. The van der Waals surface area contributed by atoms with E-state index in [-0.39, 0.29) is 17.7 Å². The molecule has 0 saturated carbocycles. The van der Waals surface area contributed by atoms with Crippen LogP contribution in [-0.2, 0) is 0 Å². The van der Waals surface area contributed by atoms with Gasteiger partial charge in [-0.2, -0.15) is 8.78 Å². The first-order valence-electron chi connectivity index (χ1n) is 7.66. The van der Waals surface area contributed by atoms with Crippen molar-refractivity contribution in [1.29, 1.82) is 0 Å². The lowest BCUT2D eigenvalue weighted by atomic mass is 10.0. The van der Waals surface area contributed by atoms with Gasteiger partial charge in [0.05, 0.1) is 0 Å². The molecule has 1 aromatic rings. The molecular formula is C16H22F2N2O2. The van der Waals surface area contributed by atoms with Crippen LogP contribution in [0.5, 0.6) is 5.75 Å². The van der Waals surface area contributed by atoms with Crippen molar-refractivity contribution < 1.29 is 18.3 Å². The predicted octanol–water partition coefficient (Wildman–Crippen LogP) is 2.89. The lowest BCUT2D eigenvalue weighted by Gasteiger charge is -2.32. The van der Waals surface area contributed by atoms with Crippen molar-refractivity contribution in [2.75, 3.05) is 19.6 Å². The molecule has 0 bridgehead atoms. The molecular weight excluding hydrogens is 290 g/mol. The number of halogens is 2. The normalized spacial score (nSPS) is 16.7. The Hall–Kier alpha value is -1.69. The van der Waals surface area contributed by atoms with Crippen molar-refractivity contribution in [2.24, 2.45) is 0 Å². The van der Waals surface area contributed by atoms with Gasteiger partial charge in [-0.3, -0.25) is 4.79 Å². The molecule has 122 valence electrons. The number of piperidine rings is 1. The number of hydrogen-bond donors (Lipinski definition) is 1. The van der Waals surface area contributed by atoms with Crippen molar-refractivity contribution in [2.45, 2.75) is 38.8 Å². The van der Waals surface area contributed by atoms with Gasteiger partial charge < -0.3 is 15.0 Å². The molecule has 0 aliphatic carbocycles. The molecule has 2 rings (SSSR count). The zero-order valence-corrected chi connectivity index (χ0v) is 12.7. The van der Waals surface area contributed by atoms with Crippen molar-refractivity contribution in [3.8, 4) is 5.75 Å². The SMILES string of the molecule is CCCN1CCC(NC(=O)c2cccc(OC(F)F)c2)CC1. The lowest BCUT2D eigenvalue weighted by molar-refractivity contribution is -0.0498. The molecule has 0 unspecified atom stereocenters. The Bertz CT molecular complexity index is 489. The van der Waals surface area contributed by atoms with E-state index >= 15 is 0 Å². The number of nitrogens with zero attached hydrogens (tertiary/aromatic N) is 1. The molecule has 1 saturated heterocycles. The zero-order valence-electron chi connectivity index (χ0n) is 12.7. The van der Waals surface area contributed by atoms with Crippen LogP contribution in [0.3, 0.4) is 0 Å². The Labute approximate surface area is 129 Å². The molecule has 1 aliphatic rings. The highest BCUT2D eigenvalue weighted by Crippen LogP contribution is 2.17. The summed E-state index contributed by atoms with van der Waals surface area (Å²) in [5.41, 5.74) is 0.342. The molecule has 1 amide bonds. The number of carbonyl (C=O) groups is 1. The summed E-state index contributed by atoms with van der Waals surface area (Å²) in [4.78, 5) is 14.6. The third-order valence-electron chi connectivity index (χ3n) is 3.78. The van der Waals surface area contributed by atoms with Gasteiger partial charge in [0.25, 0.3) is 5.91 Å². The van der Waals surface area contributed by atoms with E-state index in [9.17, 15) is 13.6 Å². The summed E-state index contributed by atoms with van der Waals surface area (Å²) in [6, 6.07) is 6.02. The maximum Gasteiger partial charge on any atom is 0.387 e. The molecule has 1 aromatic carbocycles. The molecule has 0 atom stereocenters. The standard InChI is InChI=1S/C16H22F2N2O2/c1-2-8-20-9-6-13(7-10-20)19-15(21)12-4-3-5-14(11-12)22-16(17)18/h3-5,11,13,16H,2,6-10H2,1H3,(H,19,21). The van der Waals surface area contributed by atoms with Gasteiger partial charge in [-0.25, -0.2) is 0 Å². The summed E-state index contributed by atoms with van der Waals surface area (Å²) in [5, 5.41) is 2.97. The second-order valence-electron chi connectivity index (χ2n) is 5.50. The molecule has 0 radical (unpaired) electrons. The first-order chi connectivity index (χ1) is 10.6. The maximum atomic E-state index is 12.2. The van der Waals surface area contributed by atoms with E-state index in [0.29, 0.717) is 5.56 Å². The molecule has 1 heterocycles. The maximum absolute atomic E-state index is 12.2. The number of carbonyl (C=O) groups excluding carboxylic acids is 1. The van der Waals surface area contributed by atoms with Crippen LogP contribution >= 0.6 is 0 Å². The Morgan fingerprint density at radius 2 is 2.14 bits per heavy atom. The fourth-order valence-electron chi connectivity index (χ4n) is 2.70. The smallest absolute Gasteiger partial charge is 0.387 e. The van der Waals surface area contributed by atoms with Crippen LogP contribution in [0.25, 0.3) is 0 Å². The van der Waals surface area contributed by atoms with E-state index in [1.807, 2.05) is 0 Å². The van der Waals surface area contributed by atoms with Gasteiger partial charge in [0.1, 0.15) is 5.75 Å². The van der Waals surface area contributed by atoms with Gasteiger partial charge in [0.2, 0.25) is 0 Å². The number of alkyl halides is 2. The van der Waals surface area contributed by atoms with Crippen LogP contribution in [0, 0.1) is 0 Å². The van der Waals surface area contributed by atoms with Gasteiger partial charge >= 0.3 is 6.61 Å². The molecule has 6 heteroatoms. The average Bonchev–Trinajstić information content (AvgIpc) is 2.49. The monoisotopic (exact) mass is 312 g/mol. The van der Waals surface area contributed by atoms with E-state index in [0.717, 1.165) is 38.9 Å². The molecule has 1 N–H and O–H groups in total. The van der Waals surface area contributed by atoms with Crippen LogP contribution < -0.4 is 10.1 Å². The van der Waals surface area contributed by atoms with Crippen molar-refractivity contribution in [1.82, 2.24) is 10.2 Å². The number of likely N-dealkylation sites (tertiary alicyclic amines) is 1. The third kappa shape index (κ3) is 4.94. The second kappa shape index (κ2) is 8.08. The molecule has 0 aromatic heterocycles. The van der Waals surface area contributed by atoms with Gasteiger partial charge in [0, 0.05) is 24.7 Å². The molecule has 22 heavy (non-hydrogen) atoms. The highest BCUT2D eigenvalue weighted by molar-refractivity contribution is 5.94. The van der Waals surface area contributed by atoms with Gasteiger partial charge in [-0.1, -0.05) is 13.0 Å². The van der Waals surface area contributed by atoms with Crippen molar-refractivity contribution in [3.05, 3.63) is 29.8 Å².